The van der Waals surface area contributed by atoms with Gasteiger partial charge in [0, 0.05) is 32.4 Å². The molecular weight excluding hydrogens is 552 g/mol. The highest BCUT2D eigenvalue weighted by Gasteiger charge is 2.43. The van der Waals surface area contributed by atoms with Crippen molar-refractivity contribution in [3.8, 4) is 11.8 Å². The minimum Gasteiger partial charge on any atom is -0.484 e. The molecule has 3 aromatic heterocycles. The van der Waals surface area contributed by atoms with Crippen molar-refractivity contribution >= 4 is 16.7 Å². The van der Waals surface area contributed by atoms with Gasteiger partial charge in [-0.25, -0.2) is 9.37 Å². The number of anilines is 1. The first-order valence-electron chi connectivity index (χ1n) is 13.5. The highest BCUT2D eigenvalue weighted by Crippen LogP contribution is 2.42. The number of hydrogen-bond acceptors (Lipinski definition) is 7. The van der Waals surface area contributed by atoms with Crippen molar-refractivity contribution < 1.29 is 22.3 Å². The summed E-state index contributed by atoms with van der Waals surface area (Å²) in [6.45, 7) is 3.07. The Kier molecular flexibility index (Phi) is 6.85. The first kappa shape index (κ1) is 27.7. The van der Waals surface area contributed by atoms with Crippen molar-refractivity contribution in [3.63, 3.8) is 0 Å². The van der Waals surface area contributed by atoms with Crippen LogP contribution in [-0.2, 0) is 13.2 Å². The molecule has 0 radical (unpaired) electrons. The van der Waals surface area contributed by atoms with Gasteiger partial charge in [0.25, 0.3) is 5.56 Å². The lowest BCUT2D eigenvalue weighted by Crippen LogP contribution is -2.62. The van der Waals surface area contributed by atoms with E-state index in [0.717, 1.165) is 12.3 Å². The van der Waals surface area contributed by atoms with E-state index in [1.807, 2.05) is 6.92 Å². The van der Waals surface area contributed by atoms with E-state index < -0.39 is 23.6 Å². The zero-order valence-corrected chi connectivity index (χ0v) is 22.8. The number of nitrogens with zero attached hydrogens (tertiary/aromatic N) is 6. The SMILES string of the molecule is CC[C@@H]1CN2c3c(c(=O)n(C)c4ccc(C#N)nc34)OC[C@@H]2CN1[C@H](c1ccc(F)cc1)c1ccc(C(F)(F)F)cn1. The summed E-state index contributed by atoms with van der Waals surface area (Å²) in [5.41, 5.74) is 1.72. The Balaban J connectivity index is 1.44. The molecule has 0 unspecified atom stereocenters. The third-order valence-electron chi connectivity index (χ3n) is 8.12. The number of rotatable bonds is 4. The molecule has 0 aliphatic carbocycles. The quantitative estimate of drug-likeness (QED) is 0.321. The molecule has 12 heteroatoms. The van der Waals surface area contributed by atoms with E-state index in [4.69, 9.17) is 4.74 Å². The molecule has 8 nitrogen and oxygen atoms in total. The van der Waals surface area contributed by atoms with Crippen LogP contribution in [0.1, 0.15) is 41.9 Å². The van der Waals surface area contributed by atoms with Gasteiger partial charge >= 0.3 is 6.18 Å². The second-order valence-electron chi connectivity index (χ2n) is 10.5. The predicted molar refractivity (Wildman–Crippen MR) is 147 cm³/mol. The summed E-state index contributed by atoms with van der Waals surface area (Å²) in [4.78, 5) is 26.3. The van der Waals surface area contributed by atoms with Gasteiger partial charge in [-0.05, 0) is 48.4 Å². The molecule has 5 heterocycles. The molecule has 216 valence electrons. The Morgan fingerprint density at radius 1 is 1.12 bits per heavy atom. The number of ether oxygens (including phenoxy) is 1. The minimum atomic E-state index is -4.53. The van der Waals surface area contributed by atoms with Crippen molar-refractivity contribution in [1.29, 1.82) is 5.26 Å². The Bertz CT molecular complexity index is 1750. The van der Waals surface area contributed by atoms with Crippen LogP contribution in [0.2, 0.25) is 0 Å². The molecule has 0 amide bonds. The predicted octanol–water partition coefficient (Wildman–Crippen LogP) is 4.81. The molecule has 0 bridgehead atoms. The van der Waals surface area contributed by atoms with Crippen LogP contribution in [0.5, 0.6) is 5.75 Å². The molecular formula is C30H26F4N6O2. The van der Waals surface area contributed by atoms with E-state index in [0.29, 0.717) is 47.5 Å². The Labute approximate surface area is 238 Å². The van der Waals surface area contributed by atoms with E-state index in [9.17, 15) is 27.6 Å². The third kappa shape index (κ3) is 4.63. The van der Waals surface area contributed by atoms with Crippen molar-refractivity contribution in [1.82, 2.24) is 19.4 Å². The standard InChI is InChI=1S/C30H26F4N6O2/c1-3-21-14-40-22(16-42-28-27(40)25-24(38(2)29(28)41)11-9-20(12-35)37-25)15-39(21)26(17-4-7-19(31)8-5-17)23-10-6-18(13-36-23)30(32,33)34/h4-11,13,21-22,26H,3,14-16H2,1-2H3/t21-,22+,26-/m1/s1. The molecule has 42 heavy (non-hydrogen) atoms. The Hall–Kier alpha value is -4.50. The fourth-order valence-electron chi connectivity index (χ4n) is 5.99. The molecule has 0 spiro atoms. The van der Waals surface area contributed by atoms with Crippen LogP contribution in [0.3, 0.4) is 0 Å². The van der Waals surface area contributed by atoms with Crippen molar-refractivity contribution in [2.24, 2.45) is 7.05 Å². The number of fused-ring (bicyclic) bond motifs is 5. The lowest BCUT2D eigenvalue weighted by Gasteiger charge is -2.51. The highest BCUT2D eigenvalue weighted by atomic mass is 19.4. The van der Waals surface area contributed by atoms with Gasteiger partial charge in [0.15, 0.2) is 0 Å². The number of hydrogen-bond donors (Lipinski definition) is 0. The molecule has 1 fully saturated rings. The van der Waals surface area contributed by atoms with Crippen LogP contribution in [0.15, 0.2) is 59.5 Å². The number of aryl methyl sites for hydroxylation is 1. The molecule has 1 aromatic carbocycles. The summed E-state index contributed by atoms with van der Waals surface area (Å²) in [6, 6.07) is 12.6. The van der Waals surface area contributed by atoms with Crippen LogP contribution in [0.4, 0.5) is 23.2 Å². The maximum atomic E-state index is 13.9. The van der Waals surface area contributed by atoms with E-state index in [1.54, 1.807) is 31.3 Å². The van der Waals surface area contributed by atoms with Gasteiger partial charge in [-0.1, -0.05) is 19.1 Å². The zero-order valence-electron chi connectivity index (χ0n) is 22.8. The Morgan fingerprint density at radius 2 is 1.88 bits per heavy atom. The maximum absolute atomic E-state index is 13.9. The third-order valence-corrected chi connectivity index (χ3v) is 8.12. The summed E-state index contributed by atoms with van der Waals surface area (Å²) in [7, 11) is 1.63. The van der Waals surface area contributed by atoms with Crippen LogP contribution in [0, 0.1) is 17.1 Å². The summed E-state index contributed by atoms with van der Waals surface area (Å²) in [5.74, 6) is -0.253. The van der Waals surface area contributed by atoms with Gasteiger partial charge in [-0.3, -0.25) is 14.7 Å². The van der Waals surface area contributed by atoms with Crippen molar-refractivity contribution in [3.05, 3.63) is 93.4 Å². The van der Waals surface area contributed by atoms with Crippen LogP contribution in [0.25, 0.3) is 11.0 Å². The number of halogens is 4. The number of pyridine rings is 3. The number of nitriles is 1. The summed E-state index contributed by atoms with van der Waals surface area (Å²) < 4.78 is 61.4. The smallest absolute Gasteiger partial charge is 0.417 e. The molecule has 4 aromatic rings. The fourth-order valence-corrected chi connectivity index (χ4v) is 5.99. The van der Waals surface area contributed by atoms with Gasteiger partial charge in [0.2, 0.25) is 5.75 Å². The van der Waals surface area contributed by atoms with Crippen molar-refractivity contribution in [2.45, 2.75) is 37.6 Å². The van der Waals surface area contributed by atoms with Crippen LogP contribution < -0.4 is 15.2 Å². The normalized spacial score (nSPS) is 19.5. The molecule has 0 saturated carbocycles. The average Bonchev–Trinajstić information content (AvgIpc) is 2.99. The summed E-state index contributed by atoms with van der Waals surface area (Å²) in [6.07, 6.45) is -3.04. The van der Waals surface area contributed by atoms with Crippen LogP contribution >= 0.6 is 0 Å². The van der Waals surface area contributed by atoms with Gasteiger partial charge in [-0.15, -0.1) is 0 Å². The van der Waals surface area contributed by atoms with Gasteiger partial charge in [0.1, 0.15) is 35.4 Å². The molecule has 1 saturated heterocycles. The maximum Gasteiger partial charge on any atom is 0.417 e. The lowest BCUT2D eigenvalue weighted by molar-refractivity contribution is -0.137. The monoisotopic (exact) mass is 578 g/mol. The number of alkyl halides is 3. The second kappa shape index (κ2) is 10.4. The molecule has 2 aliphatic heterocycles. The first-order chi connectivity index (χ1) is 20.1. The Morgan fingerprint density at radius 3 is 2.52 bits per heavy atom. The van der Waals surface area contributed by atoms with E-state index >= 15 is 0 Å². The summed E-state index contributed by atoms with van der Waals surface area (Å²) >= 11 is 0. The largest absolute Gasteiger partial charge is 0.484 e. The van der Waals surface area contributed by atoms with Gasteiger partial charge in [-0.2, -0.15) is 18.4 Å². The number of aromatic nitrogens is 3. The molecule has 6 rings (SSSR count). The average molecular weight is 579 g/mol. The van der Waals surface area contributed by atoms with E-state index in [2.05, 4.69) is 25.8 Å². The lowest BCUT2D eigenvalue weighted by atomic mass is 9.94. The van der Waals surface area contributed by atoms with E-state index in [1.165, 1.54) is 22.8 Å². The molecule has 2 aliphatic rings. The van der Waals surface area contributed by atoms with Gasteiger partial charge in [0.05, 0.1) is 28.9 Å². The topological polar surface area (TPSA) is 87.3 Å². The minimum absolute atomic E-state index is 0.135. The summed E-state index contributed by atoms with van der Waals surface area (Å²) in [5, 5.41) is 9.50. The second-order valence-corrected chi connectivity index (χ2v) is 10.5. The molecule has 0 N–H and O–H groups in total. The zero-order chi connectivity index (χ0) is 29.8. The van der Waals surface area contributed by atoms with Crippen LogP contribution in [-0.4, -0.2) is 51.2 Å². The fraction of sp³-hybridized carbons (Fsp3) is 0.333. The van der Waals surface area contributed by atoms with Gasteiger partial charge < -0.3 is 14.2 Å². The van der Waals surface area contributed by atoms with E-state index in [-0.39, 0.29) is 35.7 Å². The molecule has 3 atom stereocenters. The highest BCUT2D eigenvalue weighted by molar-refractivity contribution is 5.93. The first-order valence-corrected chi connectivity index (χ1v) is 13.5. The number of piperazine rings is 1. The van der Waals surface area contributed by atoms with Crippen molar-refractivity contribution in [2.75, 3.05) is 24.6 Å². The number of benzene rings is 1.